The zero-order valence-electron chi connectivity index (χ0n) is 20.4. The summed E-state index contributed by atoms with van der Waals surface area (Å²) in [6.07, 6.45) is 3.85. The number of fused-ring (bicyclic) bond motifs is 3. The fraction of sp³-hybridized carbons (Fsp3) is 0.222. The third kappa shape index (κ3) is 3.90. The lowest BCUT2D eigenvalue weighted by Gasteiger charge is -2.14. The molecule has 38 heavy (non-hydrogen) atoms. The van der Waals surface area contributed by atoms with E-state index in [1.165, 1.54) is 0 Å². The van der Waals surface area contributed by atoms with Crippen LogP contribution in [-0.2, 0) is 9.84 Å². The van der Waals surface area contributed by atoms with E-state index < -0.39 is 9.84 Å². The highest BCUT2D eigenvalue weighted by Gasteiger charge is 2.34. The second-order valence-corrected chi connectivity index (χ2v) is 11.3. The van der Waals surface area contributed by atoms with Gasteiger partial charge in [0.1, 0.15) is 5.82 Å². The molecule has 0 radical (unpaired) electrons. The van der Waals surface area contributed by atoms with E-state index in [9.17, 15) is 13.2 Å². The molecule has 3 heterocycles. The normalized spacial score (nSPS) is 17.6. The molecule has 2 N–H and O–H groups in total. The molecule has 3 aromatic heterocycles. The third-order valence-corrected chi connectivity index (χ3v) is 8.90. The van der Waals surface area contributed by atoms with Crippen LogP contribution >= 0.6 is 0 Å². The summed E-state index contributed by atoms with van der Waals surface area (Å²) in [6, 6.07) is 17.1. The molecule has 0 aliphatic heterocycles. The first-order valence-corrected chi connectivity index (χ1v) is 13.7. The van der Waals surface area contributed by atoms with Gasteiger partial charge in [-0.25, -0.2) is 13.4 Å². The SMILES string of the molecule is Cc1ccccc1S(=O)(=O)c1nc2[nH]ccc2n2c([C@@H]3CC[C@H](NC(=O)c4ccc(C#N)cc4)C3)nnc12. The molecule has 1 aliphatic rings. The zero-order valence-corrected chi connectivity index (χ0v) is 21.2. The van der Waals surface area contributed by atoms with Crippen molar-refractivity contribution < 1.29 is 13.2 Å². The van der Waals surface area contributed by atoms with Gasteiger partial charge in [0.15, 0.2) is 11.3 Å². The molecule has 6 rings (SSSR count). The summed E-state index contributed by atoms with van der Waals surface area (Å²) in [5.41, 5.74) is 2.90. The van der Waals surface area contributed by atoms with E-state index in [-0.39, 0.29) is 33.4 Å². The molecule has 2 atom stereocenters. The van der Waals surface area contributed by atoms with E-state index in [2.05, 4.69) is 25.5 Å². The van der Waals surface area contributed by atoms with Crippen molar-refractivity contribution in [2.45, 2.75) is 48.1 Å². The summed E-state index contributed by atoms with van der Waals surface area (Å²) in [5, 5.41) is 20.6. The van der Waals surface area contributed by atoms with E-state index in [1.807, 2.05) is 12.1 Å². The molecule has 1 aliphatic carbocycles. The highest BCUT2D eigenvalue weighted by molar-refractivity contribution is 7.91. The van der Waals surface area contributed by atoms with Crippen LogP contribution in [0.3, 0.4) is 0 Å². The van der Waals surface area contributed by atoms with Crippen LogP contribution in [0.25, 0.3) is 16.8 Å². The Morgan fingerprint density at radius 1 is 1.11 bits per heavy atom. The van der Waals surface area contributed by atoms with Gasteiger partial charge >= 0.3 is 0 Å². The van der Waals surface area contributed by atoms with Crippen LogP contribution in [-0.4, -0.2) is 44.9 Å². The van der Waals surface area contributed by atoms with Gasteiger partial charge in [0.05, 0.1) is 22.0 Å². The van der Waals surface area contributed by atoms with Crippen molar-refractivity contribution >= 4 is 32.6 Å². The molecular weight excluding hydrogens is 502 g/mol. The Morgan fingerprint density at radius 3 is 2.66 bits per heavy atom. The maximum absolute atomic E-state index is 13.7. The third-order valence-electron chi connectivity index (χ3n) is 7.08. The quantitative estimate of drug-likeness (QED) is 0.356. The Labute approximate surface area is 218 Å². The largest absolute Gasteiger partial charge is 0.349 e. The van der Waals surface area contributed by atoms with E-state index >= 15 is 0 Å². The number of carbonyl (C=O) groups is 1. The van der Waals surface area contributed by atoms with Crippen molar-refractivity contribution in [3.8, 4) is 6.07 Å². The minimum absolute atomic E-state index is 0.0363. The van der Waals surface area contributed by atoms with Crippen LogP contribution in [0.15, 0.2) is 70.7 Å². The minimum Gasteiger partial charge on any atom is -0.349 e. The van der Waals surface area contributed by atoms with Crippen molar-refractivity contribution in [1.29, 1.82) is 5.26 Å². The molecule has 11 heteroatoms. The lowest BCUT2D eigenvalue weighted by Crippen LogP contribution is -2.32. The summed E-state index contributed by atoms with van der Waals surface area (Å²) < 4.78 is 29.2. The van der Waals surface area contributed by atoms with E-state index in [0.29, 0.717) is 40.1 Å². The maximum Gasteiger partial charge on any atom is 0.251 e. The number of hydrogen-bond acceptors (Lipinski definition) is 7. The van der Waals surface area contributed by atoms with Crippen LogP contribution in [0, 0.1) is 18.3 Å². The van der Waals surface area contributed by atoms with Gasteiger partial charge in [-0.05, 0) is 68.1 Å². The van der Waals surface area contributed by atoms with Gasteiger partial charge in [0.2, 0.25) is 14.9 Å². The van der Waals surface area contributed by atoms with Crippen LogP contribution in [0.2, 0.25) is 0 Å². The highest BCUT2D eigenvalue weighted by atomic mass is 32.2. The molecule has 5 aromatic rings. The topological polar surface area (TPSA) is 146 Å². The summed E-state index contributed by atoms with van der Waals surface area (Å²) in [6.45, 7) is 1.75. The molecule has 1 amide bonds. The van der Waals surface area contributed by atoms with Gasteiger partial charge in [0.25, 0.3) is 5.91 Å². The molecule has 0 bridgehead atoms. The Kier molecular flexibility index (Phi) is 5.69. The fourth-order valence-corrected chi connectivity index (χ4v) is 6.71. The second-order valence-electron chi connectivity index (χ2n) is 9.48. The average molecular weight is 526 g/mol. The highest BCUT2D eigenvalue weighted by Crippen LogP contribution is 2.36. The standard InChI is InChI=1S/C27H23N7O3S/c1-16-4-2-3-5-22(16)38(36,37)27-25-33-32-24(34(25)21-12-13-29-23(21)31-27)19-10-11-20(14-19)30-26(35)18-8-6-17(15-28)7-9-18/h2-9,12-13,19-20,29H,10-11,14H2,1H3,(H,30,35)/t19-,20+/m1/s1. The van der Waals surface area contributed by atoms with Crippen molar-refractivity contribution in [3.63, 3.8) is 0 Å². The molecule has 0 saturated heterocycles. The Balaban J connectivity index is 1.34. The number of aromatic amines is 1. The number of hydrogen-bond donors (Lipinski definition) is 2. The molecule has 190 valence electrons. The number of aryl methyl sites for hydroxylation is 1. The molecule has 0 unspecified atom stereocenters. The number of sulfone groups is 1. The van der Waals surface area contributed by atoms with E-state index in [4.69, 9.17) is 5.26 Å². The average Bonchev–Trinajstić information content (AvgIpc) is 3.67. The number of H-pyrrole nitrogens is 1. The fourth-order valence-electron chi connectivity index (χ4n) is 5.16. The number of amides is 1. The molecule has 10 nitrogen and oxygen atoms in total. The molecule has 2 aromatic carbocycles. The number of carbonyl (C=O) groups excluding carboxylic acids is 1. The number of aromatic nitrogens is 5. The maximum atomic E-state index is 13.7. The van der Waals surface area contributed by atoms with Crippen LogP contribution in [0.5, 0.6) is 0 Å². The zero-order chi connectivity index (χ0) is 26.4. The Bertz CT molecular complexity index is 1850. The molecular formula is C27H23N7O3S. The molecule has 0 spiro atoms. The minimum atomic E-state index is -3.97. The lowest BCUT2D eigenvalue weighted by atomic mass is 10.1. The number of rotatable bonds is 5. The lowest BCUT2D eigenvalue weighted by molar-refractivity contribution is 0.0937. The van der Waals surface area contributed by atoms with Crippen molar-refractivity contribution in [1.82, 2.24) is 29.9 Å². The predicted octanol–water partition coefficient (Wildman–Crippen LogP) is 3.68. The Hall–Kier alpha value is -4.56. The Morgan fingerprint density at radius 2 is 1.89 bits per heavy atom. The van der Waals surface area contributed by atoms with Gasteiger partial charge in [-0.2, -0.15) is 5.26 Å². The first-order valence-electron chi connectivity index (χ1n) is 12.2. The second kappa shape index (κ2) is 9.08. The van der Waals surface area contributed by atoms with Gasteiger partial charge in [-0.3, -0.25) is 9.20 Å². The molecule has 1 saturated carbocycles. The van der Waals surface area contributed by atoms with Crippen molar-refractivity contribution in [3.05, 3.63) is 83.3 Å². The van der Waals surface area contributed by atoms with Gasteiger partial charge in [0, 0.05) is 23.7 Å². The summed E-state index contributed by atoms with van der Waals surface area (Å²) in [4.78, 5) is 20.4. The summed E-state index contributed by atoms with van der Waals surface area (Å²) in [5.74, 6) is 0.407. The van der Waals surface area contributed by atoms with Crippen LogP contribution < -0.4 is 5.32 Å². The first-order chi connectivity index (χ1) is 18.4. The van der Waals surface area contributed by atoms with Gasteiger partial charge in [-0.1, -0.05) is 18.2 Å². The summed E-state index contributed by atoms with van der Waals surface area (Å²) >= 11 is 0. The monoisotopic (exact) mass is 525 g/mol. The predicted molar refractivity (Wildman–Crippen MR) is 138 cm³/mol. The van der Waals surface area contributed by atoms with Crippen LogP contribution in [0.1, 0.15) is 52.5 Å². The first kappa shape index (κ1) is 23.8. The summed E-state index contributed by atoms with van der Waals surface area (Å²) in [7, 11) is -3.97. The number of benzene rings is 2. The molecule has 1 fully saturated rings. The number of nitrogens with one attached hydrogen (secondary N) is 2. The van der Waals surface area contributed by atoms with E-state index in [0.717, 1.165) is 12.8 Å². The van der Waals surface area contributed by atoms with Crippen molar-refractivity contribution in [2.75, 3.05) is 0 Å². The van der Waals surface area contributed by atoms with Gasteiger partial charge < -0.3 is 10.3 Å². The van der Waals surface area contributed by atoms with E-state index in [1.54, 1.807) is 66.1 Å². The van der Waals surface area contributed by atoms with Crippen LogP contribution in [0.4, 0.5) is 0 Å². The smallest absolute Gasteiger partial charge is 0.251 e. The number of nitriles is 1. The number of nitrogens with zero attached hydrogens (tertiary/aromatic N) is 5. The van der Waals surface area contributed by atoms with Gasteiger partial charge in [-0.15, -0.1) is 10.2 Å². The van der Waals surface area contributed by atoms with Crippen molar-refractivity contribution in [2.24, 2.45) is 0 Å².